The van der Waals surface area contributed by atoms with Crippen molar-refractivity contribution in [2.24, 2.45) is 0 Å². The van der Waals surface area contributed by atoms with Gasteiger partial charge in [-0.05, 0) is 34.1 Å². The Morgan fingerprint density at radius 3 is 3.00 bits per heavy atom. The zero-order valence-corrected chi connectivity index (χ0v) is 14.2. The van der Waals surface area contributed by atoms with Gasteiger partial charge in [0.1, 0.15) is 0 Å². The summed E-state index contributed by atoms with van der Waals surface area (Å²) < 4.78 is 0.724. The molecule has 1 aromatic rings. The van der Waals surface area contributed by atoms with Crippen molar-refractivity contribution < 1.29 is 14.7 Å². The van der Waals surface area contributed by atoms with Crippen molar-refractivity contribution >= 4 is 57.0 Å². The quantitative estimate of drug-likeness (QED) is 0.824. The molecule has 0 aliphatic carbocycles. The molecule has 2 amide bonds. The summed E-state index contributed by atoms with van der Waals surface area (Å²) in [6.07, 6.45) is -0.0445. The number of nitrogens with one attached hydrogen (secondary N) is 1. The summed E-state index contributed by atoms with van der Waals surface area (Å²) in [4.78, 5) is 24.9. The molecule has 2 N–H and O–H groups in total. The molecule has 0 bridgehead atoms. The Hall–Kier alpha value is -0.920. The van der Waals surface area contributed by atoms with Crippen molar-refractivity contribution in [3.8, 4) is 0 Å². The van der Waals surface area contributed by atoms with E-state index in [0.29, 0.717) is 23.0 Å². The van der Waals surface area contributed by atoms with Gasteiger partial charge in [-0.15, -0.1) is 0 Å². The number of nitrogens with zero attached hydrogens (tertiary/aromatic N) is 1. The van der Waals surface area contributed by atoms with E-state index in [4.69, 9.17) is 16.7 Å². The minimum atomic E-state index is -0.899. The minimum Gasteiger partial charge on any atom is -0.481 e. The number of carbonyl (C=O) groups is 2. The molecule has 1 atom stereocenters. The highest BCUT2D eigenvalue weighted by Gasteiger charge is 2.29. The molecule has 1 aliphatic heterocycles. The molecule has 0 aromatic heterocycles. The number of aliphatic carboxylic acids is 1. The molecule has 1 saturated heterocycles. The number of anilines is 1. The van der Waals surface area contributed by atoms with Gasteiger partial charge in [0, 0.05) is 27.5 Å². The number of amides is 2. The summed E-state index contributed by atoms with van der Waals surface area (Å²) in [5.74, 6) is 0.542. The van der Waals surface area contributed by atoms with Crippen LogP contribution >= 0.6 is 39.3 Å². The molecule has 5 nitrogen and oxygen atoms in total. The average Bonchev–Trinajstić information content (AvgIpc) is 2.42. The van der Waals surface area contributed by atoms with Crippen LogP contribution < -0.4 is 5.32 Å². The van der Waals surface area contributed by atoms with Gasteiger partial charge in [0.05, 0.1) is 18.2 Å². The molecule has 8 heteroatoms. The highest BCUT2D eigenvalue weighted by atomic mass is 79.9. The van der Waals surface area contributed by atoms with Gasteiger partial charge in [-0.1, -0.05) is 11.6 Å². The largest absolute Gasteiger partial charge is 0.481 e. The van der Waals surface area contributed by atoms with E-state index in [1.807, 2.05) is 0 Å². The van der Waals surface area contributed by atoms with Crippen molar-refractivity contribution in [3.05, 3.63) is 27.7 Å². The number of halogens is 2. The van der Waals surface area contributed by atoms with E-state index in [1.165, 1.54) is 0 Å². The predicted molar refractivity (Wildman–Crippen MR) is 88.2 cm³/mol. The van der Waals surface area contributed by atoms with Crippen LogP contribution in [-0.4, -0.2) is 46.1 Å². The van der Waals surface area contributed by atoms with Crippen LogP contribution in [0.15, 0.2) is 22.7 Å². The van der Waals surface area contributed by atoms with Crippen LogP contribution in [0.4, 0.5) is 10.5 Å². The van der Waals surface area contributed by atoms with E-state index in [0.717, 1.165) is 10.2 Å². The average molecular weight is 394 g/mol. The lowest BCUT2D eigenvalue weighted by molar-refractivity contribution is -0.137. The summed E-state index contributed by atoms with van der Waals surface area (Å²) in [6.45, 7) is 0.534. The number of urea groups is 1. The number of hydrogen-bond acceptors (Lipinski definition) is 3. The van der Waals surface area contributed by atoms with Crippen LogP contribution in [0.1, 0.15) is 6.42 Å². The van der Waals surface area contributed by atoms with Gasteiger partial charge in [-0.25, -0.2) is 4.79 Å². The lowest BCUT2D eigenvalue weighted by atomic mass is 10.2. The fraction of sp³-hybridized carbons (Fsp3) is 0.385. The molecule has 0 spiro atoms. The predicted octanol–water partition coefficient (Wildman–Crippen LogP) is 3.53. The van der Waals surface area contributed by atoms with Crippen molar-refractivity contribution in [3.63, 3.8) is 0 Å². The van der Waals surface area contributed by atoms with Gasteiger partial charge in [0.25, 0.3) is 0 Å². The van der Waals surface area contributed by atoms with Crippen molar-refractivity contribution in [1.29, 1.82) is 0 Å². The Morgan fingerprint density at radius 1 is 1.52 bits per heavy atom. The molecule has 0 saturated carbocycles. The summed E-state index contributed by atoms with van der Waals surface area (Å²) in [7, 11) is 0. The van der Waals surface area contributed by atoms with Gasteiger partial charge in [-0.2, -0.15) is 11.8 Å². The molecule has 1 heterocycles. The summed E-state index contributed by atoms with van der Waals surface area (Å²) in [5.41, 5.74) is 0.569. The lowest BCUT2D eigenvalue weighted by Crippen LogP contribution is -2.48. The SMILES string of the molecule is O=C(O)CC1CSCCN1C(=O)Nc1cc(Cl)ccc1Br. The zero-order valence-electron chi connectivity index (χ0n) is 11.0. The molecule has 1 fully saturated rings. The van der Waals surface area contributed by atoms with Gasteiger partial charge in [-0.3, -0.25) is 4.79 Å². The van der Waals surface area contributed by atoms with Crippen LogP contribution in [0.2, 0.25) is 5.02 Å². The first-order valence-corrected chi connectivity index (χ1v) is 8.62. The fourth-order valence-electron chi connectivity index (χ4n) is 2.07. The molecule has 1 unspecified atom stereocenters. The van der Waals surface area contributed by atoms with E-state index < -0.39 is 5.97 Å². The zero-order chi connectivity index (χ0) is 15.4. The standard InChI is InChI=1S/C13H14BrClN2O3S/c14-10-2-1-8(15)5-11(10)16-13(20)17-3-4-21-7-9(17)6-12(18)19/h1-2,5,9H,3-4,6-7H2,(H,16,20)(H,18,19). The van der Waals surface area contributed by atoms with Crippen LogP contribution in [0.3, 0.4) is 0 Å². The summed E-state index contributed by atoms with van der Waals surface area (Å²) >= 11 is 10.9. The van der Waals surface area contributed by atoms with E-state index in [2.05, 4.69) is 21.2 Å². The van der Waals surface area contributed by atoms with E-state index in [9.17, 15) is 9.59 Å². The first-order valence-electron chi connectivity index (χ1n) is 6.29. The molecule has 0 radical (unpaired) electrons. The Kier molecular flexibility index (Phi) is 5.78. The molecular weight excluding hydrogens is 380 g/mol. The second kappa shape index (κ2) is 7.38. The normalized spacial score (nSPS) is 18.4. The number of carbonyl (C=O) groups excluding carboxylic acids is 1. The number of carboxylic acid groups (broad SMARTS) is 1. The molecule has 1 aromatic carbocycles. The third-order valence-corrected chi connectivity index (χ3v) is 5.09. The Morgan fingerprint density at radius 2 is 2.29 bits per heavy atom. The van der Waals surface area contributed by atoms with Crippen LogP contribution in [0.5, 0.6) is 0 Å². The maximum atomic E-state index is 12.4. The molecule has 2 rings (SSSR count). The molecular formula is C13H14BrClN2O3S. The fourth-order valence-corrected chi connectivity index (χ4v) is 3.65. The first kappa shape index (κ1) is 16.5. The maximum absolute atomic E-state index is 12.4. The Labute approximate surface area is 140 Å². The minimum absolute atomic E-state index is 0.0445. The second-order valence-electron chi connectivity index (χ2n) is 4.57. The van der Waals surface area contributed by atoms with Gasteiger partial charge >= 0.3 is 12.0 Å². The van der Waals surface area contributed by atoms with Crippen LogP contribution in [0, 0.1) is 0 Å². The van der Waals surface area contributed by atoms with Crippen molar-refractivity contribution in [1.82, 2.24) is 4.90 Å². The van der Waals surface area contributed by atoms with Crippen LogP contribution in [-0.2, 0) is 4.79 Å². The molecule has 114 valence electrons. The number of carboxylic acids is 1. The van der Waals surface area contributed by atoms with Gasteiger partial charge < -0.3 is 15.3 Å². The summed E-state index contributed by atoms with van der Waals surface area (Å²) in [5, 5.41) is 12.2. The van der Waals surface area contributed by atoms with Crippen molar-refractivity contribution in [2.45, 2.75) is 12.5 Å². The van der Waals surface area contributed by atoms with E-state index in [-0.39, 0.29) is 18.5 Å². The smallest absolute Gasteiger partial charge is 0.322 e. The third kappa shape index (κ3) is 4.52. The first-order chi connectivity index (χ1) is 9.97. The maximum Gasteiger partial charge on any atom is 0.322 e. The molecule has 21 heavy (non-hydrogen) atoms. The summed E-state index contributed by atoms with van der Waals surface area (Å²) in [6, 6.07) is 4.52. The Bertz CT molecular complexity index is 558. The topological polar surface area (TPSA) is 69.6 Å². The second-order valence-corrected chi connectivity index (χ2v) is 7.01. The number of thioether (sulfide) groups is 1. The van der Waals surface area contributed by atoms with E-state index in [1.54, 1.807) is 34.9 Å². The van der Waals surface area contributed by atoms with Gasteiger partial charge in [0.2, 0.25) is 0 Å². The lowest BCUT2D eigenvalue weighted by Gasteiger charge is -2.34. The number of hydrogen-bond donors (Lipinski definition) is 2. The highest BCUT2D eigenvalue weighted by molar-refractivity contribution is 9.10. The number of benzene rings is 1. The third-order valence-electron chi connectivity index (χ3n) is 3.07. The monoisotopic (exact) mass is 392 g/mol. The van der Waals surface area contributed by atoms with Crippen molar-refractivity contribution in [2.75, 3.05) is 23.4 Å². The van der Waals surface area contributed by atoms with Crippen LogP contribution in [0.25, 0.3) is 0 Å². The van der Waals surface area contributed by atoms with Gasteiger partial charge in [0.15, 0.2) is 0 Å². The highest BCUT2D eigenvalue weighted by Crippen LogP contribution is 2.27. The molecule has 1 aliphatic rings. The Balaban J connectivity index is 2.10. The number of rotatable bonds is 3. The van der Waals surface area contributed by atoms with E-state index >= 15 is 0 Å².